The maximum Gasteiger partial charge on any atom is 0.197 e. The summed E-state index contributed by atoms with van der Waals surface area (Å²) in [5.41, 5.74) is 1.84. The van der Waals surface area contributed by atoms with Crippen molar-refractivity contribution >= 4 is 27.5 Å². The van der Waals surface area contributed by atoms with E-state index in [1.807, 2.05) is 24.3 Å². The van der Waals surface area contributed by atoms with Gasteiger partial charge < -0.3 is 4.42 Å². The van der Waals surface area contributed by atoms with Gasteiger partial charge in [-0.2, -0.15) is 0 Å². The third-order valence-electron chi connectivity index (χ3n) is 2.21. The standard InChI is InChI=1S/C12H11BrClNO/c1-2-3-10-15-11(12(13)16-10)8-4-6-9(14)7-5-8/h4-7H,2-3H2,1H3. The number of rotatable bonds is 3. The number of hydrogen-bond donors (Lipinski definition) is 0. The average molecular weight is 301 g/mol. The molecule has 0 N–H and O–H groups in total. The highest BCUT2D eigenvalue weighted by molar-refractivity contribution is 9.10. The first-order chi connectivity index (χ1) is 7.70. The molecule has 1 aromatic heterocycles. The zero-order valence-electron chi connectivity index (χ0n) is 8.84. The Morgan fingerprint density at radius 2 is 2.00 bits per heavy atom. The summed E-state index contributed by atoms with van der Waals surface area (Å²) in [5.74, 6) is 0.763. The van der Waals surface area contributed by atoms with Crippen LogP contribution in [-0.4, -0.2) is 4.98 Å². The molecule has 0 aliphatic carbocycles. The lowest BCUT2D eigenvalue weighted by molar-refractivity contribution is 0.472. The number of halogens is 2. The van der Waals surface area contributed by atoms with Crippen LogP contribution in [0, 0.1) is 0 Å². The number of aromatic nitrogens is 1. The van der Waals surface area contributed by atoms with Crippen LogP contribution in [0.4, 0.5) is 0 Å². The minimum atomic E-state index is 0.679. The molecule has 84 valence electrons. The number of benzene rings is 1. The minimum Gasteiger partial charge on any atom is -0.433 e. The first kappa shape index (κ1) is 11.7. The summed E-state index contributed by atoms with van der Waals surface area (Å²) in [6, 6.07) is 7.55. The third-order valence-corrected chi connectivity index (χ3v) is 3.00. The summed E-state index contributed by atoms with van der Waals surface area (Å²) in [6.07, 6.45) is 1.87. The first-order valence-corrected chi connectivity index (χ1v) is 6.29. The molecule has 0 saturated carbocycles. The van der Waals surface area contributed by atoms with Crippen LogP contribution in [0.2, 0.25) is 5.02 Å². The molecule has 0 saturated heterocycles. The SMILES string of the molecule is CCCc1nc(-c2ccc(Cl)cc2)c(Br)o1. The van der Waals surface area contributed by atoms with Crippen LogP contribution in [0.5, 0.6) is 0 Å². The Bertz CT molecular complexity index is 478. The van der Waals surface area contributed by atoms with Crippen LogP contribution in [0.25, 0.3) is 11.3 Å². The topological polar surface area (TPSA) is 26.0 Å². The van der Waals surface area contributed by atoms with Crippen molar-refractivity contribution in [2.24, 2.45) is 0 Å². The smallest absolute Gasteiger partial charge is 0.197 e. The molecule has 2 rings (SSSR count). The summed E-state index contributed by atoms with van der Waals surface area (Å²) >= 11 is 9.22. The van der Waals surface area contributed by atoms with Gasteiger partial charge in [-0.25, -0.2) is 4.98 Å². The van der Waals surface area contributed by atoms with Gasteiger partial charge >= 0.3 is 0 Å². The second kappa shape index (κ2) is 5.02. The number of nitrogens with zero attached hydrogens (tertiary/aromatic N) is 1. The lowest BCUT2D eigenvalue weighted by Crippen LogP contribution is -1.83. The predicted molar refractivity (Wildman–Crippen MR) is 68.6 cm³/mol. The normalized spacial score (nSPS) is 10.7. The molecule has 0 aliphatic heterocycles. The first-order valence-electron chi connectivity index (χ1n) is 5.12. The Morgan fingerprint density at radius 3 is 2.62 bits per heavy atom. The van der Waals surface area contributed by atoms with Gasteiger partial charge in [-0.05, 0) is 34.5 Å². The number of aryl methyl sites for hydroxylation is 1. The summed E-state index contributed by atoms with van der Waals surface area (Å²) in [7, 11) is 0. The molecular formula is C12H11BrClNO. The van der Waals surface area contributed by atoms with Crippen molar-refractivity contribution in [1.82, 2.24) is 4.98 Å². The molecule has 1 heterocycles. The lowest BCUT2D eigenvalue weighted by Gasteiger charge is -1.96. The highest BCUT2D eigenvalue weighted by Gasteiger charge is 2.11. The molecule has 2 nitrogen and oxygen atoms in total. The van der Waals surface area contributed by atoms with Crippen LogP contribution in [0.1, 0.15) is 19.2 Å². The third kappa shape index (κ3) is 2.47. The molecule has 0 bridgehead atoms. The van der Waals surface area contributed by atoms with E-state index in [1.165, 1.54) is 0 Å². The van der Waals surface area contributed by atoms with E-state index in [4.69, 9.17) is 16.0 Å². The Balaban J connectivity index is 2.36. The highest BCUT2D eigenvalue weighted by Crippen LogP contribution is 2.29. The van der Waals surface area contributed by atoms with E-state index in [0.717, 1.165) is 35.0 Å². The molecule has 0 atom stereocenters. The van der Waals surface area contributed by atoms with E-state index in [2.05, 4.69) is 27.8 Å². The van der Waals surface area contributed by atoms with Gasteiger partial charge in [0.05, 0.1) is 0 Å². The molecule has 1 aromatic carbocycles. The Labute approximate surface area is 108 Å². The molecular weight excluding hydrogens is 289 g/mol. The van der Waals surface area contributed by atoms with Gasteiger partial charge in [0.25, 0.3) is 0 Å². The van der Waals surface area contributed by atoms with E-state index in [-0.39, 0.29) is 0 Å². The van der Waals surface area contributed by atoms with Crippen molar-refractivity contribution in [2.75, 3.05) is 0 Å². The summed E-state index contributed by atoms with van der Waals surface area (Å²) in [6.45, 7) is 2.10. The molecule has 0 radical (unpaired) electrons. The average Bonchev–Trinajstić information content (AvgIpc) is 2.61. The maximum absolute atomic E-state index is 5.84. The maximum atomic E-state index is 5.84. The van der Waals surface area contributed by atoms with Crippen LogP contribution in [0.15, 0.2) is 33.4 Å². The molecule has 4 heteroatoms. The molecule has 0 fully saturated rings. The van der Waals surface area contributed by atoms with E-state index in [1.54, 1.807) is 0 Å². The fraction of sp³-hybridized carbons (Fsp3) is 0.250. The monoisotopic (exact) mass is 299 g/mol. The van der Waals surface area contributed by atoms with Crippen molar-refractivity contribution in [3.63, 3.8) is 0 Å². The van der Waals surface area contributed by atoms with Gasteiger partial charge in [-0.1, -0.05) is 30.7 Å². The Hall–Kier alpha value is -0.800. The highest BCUT2D eigenvalue weighted by atomic mass is 79.9. The number of hydrogen-bond acceptors (Lipinski definition) is 2. The van der Waals surface area contributed by atoms with Crippen LogP contribution >= 0.6 is 27.5 Å². The second-order valence-corrected chi connectivity index (χ2v) is 4.64. The summed E-state index contributed by atoms with van der Waals surface area (Å²) < 4.78 is 6.19. The van der Waals surface area contributed by atoms with Crippen LogP contribution < -0.4 is 0 Å². The lowest BCUT2D eigenvalue weighted by atomic mass is 10.2. The van der Waals surface area contributed by atoms with Crippen LogP contribution in [-0.2, 0) is 6.42 Å². The van der Waals surface area contributed by atoms with E-state index in [0.29, 0.717) is 4.67 Å². The minimum absolute atomic E-state index is 0.679. The zero-order valence-corrected chi connectivity index (χ0v) is 11.2. The molecule has 16 heavy (non-hydrogen) atoms. The fourth-order valence-electron chi connectivity index (χ4n) is 1.45. The van der Waals surface area contributed by atoms with Gasteiger partial charge in [0, 0.05) is 17.0 Å². The summed E-state index contributed by atoms with van der Waals surface area (Å²) in [4.78, 5) is 4.44. The zero-order chi connectivity index (χ0) is 11.5. The number of oxazole rings is 1. The largest absolute Gasteiger partial charge is 0.433 e. The van der Waals surface area contributed by atoms with Gasteiger partial charge in [0.1, 0.15) is 5.69 Å². The van der Waals surface area contributed by atoms with E-state index in [9.17, 15) is 0 Å². The van der Waals surface area contributed by atoms with Crippen LogP contribution in [0.3, 0.4) is 0 Å². The summed E-state index contributed by atoms with van der Waals surface area (Å²) in [5, 5.41) is 0.720. The van der Waals surface area contributed by atoms with Crippen molar-refractivity contribution in [1.29, 1.82) is 0 Å². The quantitative estimate of drug-likeness (QED) is 0.820. The molecule has 0 spiro atoms. The molecule has 0 unspecified atom stereocenters. The van der Waals surface area contributed by atoms with Gasteiger partial charge in [-0.15, -0.1) is 0 Å². The van der Waals surface area contributed by atoms with Gasteiger partial charge in [0.2, 0.25) is 0 Å². The molecule has 0 amide bonds. The Kier molecular flexibility index (Phi) is 3.66. The van der Waals surface area contributed by atoms with Gasteiger partial charge in [-0.3, -0.25) is 0 Å². The fourth-order valence-corrected chi connectivity index (χ4v) is 2.08. The second-order valence-electron chi connectivity index (χ2n) is 3.49. The van der Waals surface area contributed by atoms with Crippen molar-refractivity contribution in [3.05, 3.63) is 39.8 Å². The molecule has 0 aliphatic rings. The molecule has 2 aromatic rings. The van der Waals surface area contributed by atoms with Gasteiger partial charge in [0.15, 0.2) is 10.6 Å². The van der Waals surface area contributed by atoms with E-state index < -0.39 is 0 Å². The predicted octanol–water partition coefficient (Wildman–Crippen LogP) is 4.71. The van der Waals surface area contributed by atoms with E-state index >= 15 is 0 Å². The Morgan fingerprint density at radius 1 is 1.31 bits per heavy atom. The van der Waals surface area contributed by atoms with Crippen molar-refractivity contribution in [2.45, 2.75) is 19.8 Å². The van der Waals surface area contributed by atoms with Crippen molar-refractivity contribution in [3.8, 4) is 11.3 Å². The van der Waals surface area contributed by atoms with Crippen molar-refractivity contribution < 1.29 is 4.42 Å².